The Morgan fingerprint density at radius 1 is 1.08 bits per heavy atom. The lowest BCUT2D eigenvalue weighted by atomic mass is 10.0. The van der Waals surface area contributed by atoms with E-state index in [2.05, 4.69) is 11.0 Å². The first kappa shape index (κ1) is 17.8. The Labute approximate surface area is 143 Å². The molecular weight excluding hydrogens is 302 g/mol. The second-order valence-corrected chi connectivity index (χ2v) is 5.70. The molecule has 0 aliphatic heterocycles. The van der Waals surface area contributed by atoms with Gasteiger partial charge in [-0.15, -0.1) is 0 Å². The predicted octanol–water partition coefficient (Wildman–Crippen LogP) is 3.66. The van der Waals surface area contributed by atoms with E-state index in [1.54, 1.807) is 38.5 Å². The summed E-state index contributed by atoms with van der Waals surface area (Å²) >= 11 is 0. The molecule has 0 aliphatic carbocycles. The Kier molecular flexibility index (Phi) is 6.15. The third-order valence-electron chi connectivity index (χ3n) is 3.63. The van der Waals surface area contributed by atoms with E-state index in [0.717, 1.165) is 12.1 Å². The summed E-state index contributed by atoms with van der Waals surface area (Å²) in [5.41, 5.74) is 2.68. The summed E-state index contributed by atoms with van der Waals surface area (Å²) in [6.07, 6.45) is 3.42. The number of carbonyl (C=O) groups is 1. The molecule has 0 saturated heterocycles. The van der Waals surface area contributed by atoms with Gasteiger partial charge in [0.05, 0.1) is 19.8 Å². The fraction of sp³-hybridized carbons (Fsp3) is 0.250. The van der Waals surface area contributed by atoms with Gasteiger partial charge in [0.2, 0.25) is 0 Å². The topological polar surface area (TPSA) is 38.8 Å². The van der Waals surface area contributed by atoms with Crippen molar-refractivity contribution in [2.45, 2.75) is 6.54 Å². The van der Waals surface area contributed by atoms with Crippen molar-refractivity contribution in [2.24, 2.45) is 0 Å². The molecule has 0 aliphatic rings. The molecule has 4 heteroatoms. The van der Waals surface area contributed by atoms with Crippen molar-refractivity contribution < 1.29 is 14.3 Å². The molecule has 0 heterocycles. The Morgan fingerprint density at radius 3 is 2.50 bits per heavy atom. The molecule has 0 N–H and O–H groups in total. The summed E-state index contributed by atoms with van der Waals surface area (Å²) in [6, 6.07) is 13.2. The number of ether oxygens (including phenoxy) is 2. The molecule has 2 rings (SSSR count). The third-order valence-corrected chi connectivity index (χ3v) is 3.63. The minimum absolute atomic E-state index is 0.120. The molecule has 0 bridgehead atoms. The van der Waals surface area contributed by atoms with Gasteiger partial charge in [-0.1, -0.05) is 30.3 Å². The lowest BCUT2D eigenvalue weighted by Crippen LogP contribution is -2.11. The van der Waals surface area contributed by atoms with E-state index < -0.39 is 0 Å². The van der Waals surface area contributed by atoms with E-state index in [9.17, 15) is 4.79 Å². The summed E-state index contributed by atoms with van der Waals surface area (Å²) in [6.45, 7) is 0.817. The highest BCUT2D eigenvalue weighted by molar-refractivity contribution is 6.09. The van der Waals surface area contributed by atoms with Crippen LogP contribution in [0.4, 0.5) is 0 Å². The number of hydrogen-bond acceptors (Lipinski definition) is 4. The van der Waals surface area contributed by atoms with Crippen molar-refractivity contribution in [2.75, 3.05) is 28.3 Å². The third kappa shape index (κ3) is 4.46. The molecule has 0 saturated carbocycles. The van der Waals surface area contributed by atoms with Gasteiger partial charge in [0.15, 0.2) is 5.78 Å². The van der Waals surface area contributed by atoms with Crippen LogP contribution in [0.2, 0.25) is 0 Å². The average molecular weight is 325 g/mol. The van der Waals surface area contributed by atoms with E-state index in [4.69, 9.17) is 9.47 Å². The van der Waals surface area contributed by atoms with E-state index in [-0.39, 0.29) is 5.78 Å². The largest absolute Gasteiger partial charge is 0.497 e. The number of carbonyl (C=O) groups excluding carboxylic acids is 1. The standard InChI is InChI=1S/C20H23NO3/c1-21(2)14-16-8-6-5-7-15(16)9-11-19(22)18-13-17(23-3)10-12-20(18)24-4/h5-13H,14H2,1-4H3/b11-9+. The van der Waals surface area contributed by atoms with E-state index in [1.165, 1.54) is 5.56 Å². The van der Waals surface area contributed by atoms with E-state index in [0.29, 0.717) is 17.1 Å². The number of nitrogens with zero attached hydrogens (tertiary/aromatic N) is 1. The molecule has 0 spiro atoms. The van der Waals surface area contributed by atoms with Crippen molar-refractivity contribution >= 4 is 11.9 Å². The monoisotopic (exact) mass is 325 g/mol. The zero-order chi connectivity index (χ0) is 17.5. The molecule has 24 heavy (non-hydrogen) atoms. The zero-order valence-corrected chi connectivity index (χ0v) is 14.6. The molecule has 126 valence electrons. The molecule has 0 unspecified atom stereocenters. The summed E-state index contributed by atoms with van der Waals surface area (Å²) in [5, 5.41) is 0. The maximum atomic E-state index is 12.6. The van der Waals surface area contributed by atoms with E-state index >= 15 is 0 Å². The summed E-state index contributed by atoms with van der Waals surface area (Å²) in [4.78, 5) is 14.7. The molecule has 0 amide bonds. The fourth-order valence-corrected chi connectivity index (χ4v) is 2.44. The zero-order valence-electron chi connectivity index (χ0n) is 14.6. The van der Waals surface area contributed by atoms with Crippen LogP contribution in [0.25, 0.3) is 6.08 Å². The number of methoxy groups -OCH3 is 2. The predicted molar refractivity (Wildman–Crippen MR) is 96.7 cm³/mol. The van der Waals surface area contributed by atoms with Crippen LogP contribution in [0.15, 0.2) is 48.5 Å². The molecule has 2 aromatic rings. The Morgan fingerprint density at radius 2 is 1.83 bits per heavy atom. The van der Waals surface area contributed by atoms with Crippen LogP contribution < -0.4 is 9.47 Å². The van der Waals surface area contributed by atoms with Crippen molar-refractivity contribution in [3.63, 3.8) is 0 Å². The first-order valence-electron chi connectivity index (χ1n) is 7.72. The van der Waals surface area contributed by atoms with Crippen LogP contribution in [0.5, 0.6) is 11.5 Å². The molecule has 0 atom stereocenters. The van der Waals surface area contributed by atoms with Gasteiger partial charge in [-0.3, -0.25) is 4.79 Å². The van der Waals surface area contributed by atoms with Crippen molar-refractivity contribution in [3.8, 4) is 11.5 Å². The number of rotatable bonds is 7. The SMILES string of the molecule is COc1ccc(OC)c(C(=O)/C=C/c2ccccc2CN(C)C)c1. The summed E-state index contributed by atoms with van der Waals surface area (Å²) < 4.78 is 10.5. The minimum Gasteiger partial charge on any atom is -0.497 e. The molecule has 0 radical (unpaired) electrons. The maximum Gasteiger partial charge on any atom is 0.189 e. The van der Waals surface area contributed by atoms with Gasteiger partial charge < -0.3 is 14.4 Å². The van der Waals surface area contributed by atoms with Gasteiger partial charge in [-0.25, -0.2) is 0 Å². The van der Waals surface area contributed by atoms with Gasteiger partial charge in [0, 0.05) is 6.54 Å². The highest BCUT2D eigenvalue weighted by Gasteiger charge is 2.11. The van der Waals surface area contributed by atoms with Crippen molar-refractivity contribution in [1.82, 2.24) is 4.90 Å². The summed E-state index contributed by atoms with van der Waals surface area (Å²) in [7, 11) is 7.16. The van der Waals surface area contributed by atoms with Gasteiger partial charge in [-0.2, -0.15) is 0 Å². The quantitative estimate of drug-likeness (QED) is 0.575. The van der Waals surface area contributed by atoms with Crippen LogP contribution in [-0.2, 0) is 6.54 Å². The first-order chi connectivity index (χ1) is 11.5. The van der Waals surface area contributed by atoms with Gasteiger partial charge >= 0.3 is 0 Å². The maximum absolute atomic E-state index is 12.6. The number of benzene rings is 2. The van der Waals surface area contributed by atoms with Gasteiger partial charge in [0.25, 0.3) is 0 Å². The Hall–Kier alpha value is -2.59. The second kappa shape index (κ2) is 8.31. The molecular formula is C20H23NO3. The Bertz CT molecular complexity index is 735. The lowest BCUT2D eigenvalue weighted by molar-refractivity contribution is 0.104. The lowest BCUT2D eigenvalue weighted by Gasteiger charge is -2.12. The molecule has 2 aromatic carbocycles. The average Bonchev–Trinajstić information content (AvgIpc) is 2.59. The van der Waals surface area contributed by atoms with Crippen molar-refractivity contribution in [1.29, 1.82) is 0 Å². The van der Waals surface area contributed by atoms with Crippen molar-refractivity contribution in [3.05, 3.63) is 65.2 Å². The molecule has 0 aromatic heterocycles. The van der Waals surface area contributed by atoms with Gasteiger partial charge in [0.1, 0.15) is 11.5 Å². The number of allylic oxidation sites excluding steroid dienone is 1. The normalized spacial score (nSPS) is 11.0. The smallest absolute Gasteiger partial charge is 0.189 e. The highest BCUT2D eigenvalue weighted by Crippen LogP contribution is 2.25. The first-order valence-corrected chi connectivity index (χ1v) is 7.72. The van der Waals surface area contributed by atoms with Gasteiger partial charge in [-0.05, 0) is 49.5 Å². The van der Waals surface area contributed by atoms with Crippen LogP contribution >= 0.6 is 0 Å². The Balaban J connectivity index is 2.28. The van der Waals surface area contributed by atoms with Crippen LogP contribution in [0, 0.1) is 0 Å². The highest BCUT2D eigenvalue weighted by atomic mass is 16.5. The summed E-state index contributed by atoms with van der Waals surface area (Å²) in [5.74, 6) is 1.04. The number of hydrogen-bond donors (Lipinski definition) is 0. The fourth-order valence-electron chi connectivity index (χ4n) is 2.44. The van der Waals surface area contributed by atoms with Crippen LogP contribution in [0.1, 0.15) is 21.5 Å². The molecule has 0 fully saturated rings. The van der Waals surface area contributed by atoms with Crippen LogP contribution in [0.3, 0.4) is 0 Å². The number of ketones is 1. The van der Waals surface area contributed by atoms with E-state index in [1.807, 2.05) is 38.4 Å². The second-order valence-electron chi connectivity index (χ2n) is 5.70. The van der Waals surface area contributed by atoms with Crippen LogP contribution in [-0.4, -0.2) is 39.0 Å². The molecule has 4 nitrogen and oxygen atoms in total. The minimum atomic E-state index is -0.120.